The number of ether oxygens (including phenoxy) is 1. The molecule has 0 saturated heterocycles. The molecule has 11 heteroatoms. The summed E-state index contributed by atoms with van der Waals surface area (Å²) in [5.41, 5.74) is 5.99. The minimum Gasteiger partial charge on any atom is -0.503 e. The molecule has 0 radical (unpaired) electrons. The summed E-state index contributed by atoms with van der Waals surface area (Å²) in [4.78, 5) is 33.3. The summed E-state index contributed by atoms with van der Waals surface area (Å²) in [5.74, 6) is -0.0462. The number of rotatable bonds is 7. The lowest BCUT2D eigenvalue weighted by atomic mass is 9.97. The molecule has 0 atom stereocenters. The van der Waals surface area contributed by atoms with Crippen molar-refractivity contribution in [2.75, 3.05) is 12.9 Å². The van der Waals surface area contributed by atoms with E-state index in [1.807, 2.05) is 31.2 Å². The number of nitrogens with one attached hydrogen (secondary N) is 1. The number of hydrogen-bond donors (Lipinski definition) is 2. The molecule has 1 aliphatic carbocycles. The first-order valence-corrected chi connectivity index (χ1v) is 14.6. The van der Waals surface area contributed by atoms with Crippen molar-refractivity contribution in [1.29, 1.82) is 0 Å². The number of hydrazone groups is 1. The Bertz CT molecular complexity index is 1610. The second-order valence-electron chi connectivity index (χ2n) is 8.90. The number of carbonyl (C=O) groups is 1. The van der Waals surface area contributed by atoms with Crippen LogP contribution in [0, 0.1) is 6.92 Å². The Balaban J connectivity index is 1.40. The third-order valence-electron chi connectivity index (χ3n) is 6.26. The molecule has 0 fully saturated rings. The van der Waals surface area contributed by atoms with Gasteiger partial charge in [-0.2, -0.15) is 5.10 Å². The van der Waals surface area contributed by atoms with Gasteiger partial charge in [0.1, 0.15) is 4.83 Å². The van der Waals surface area contributed by atoms with E-state index in [0.29, 0.717) is 20.6 Å². The number of phenolic OH excluding ortho intramolecular Hbond substituents is 1. The van der Waals surface area contributed by atoms with Crippen molar-refractivity contribution in [2.45, 2.75) is 37.8 Å². The van der Waals surface area contributed by atoms with Crippen molar-refractivity contribution < 1.29 is 14.6 Å². The highest BCUT2D eigenvalue weighted by atomic mass is 79.9. The number of fused-ring (bicyclic) bond motifs is 3. The fourth-order valence-corrected chi connectivity index (χ4v) is 6.94. The molecule has 38 heavy (non-hydrogen) atoms. The number of aromatic hydroxyl groups is 1. The van der Waals surface area contributed by atoms with E-state index in [-0.39, 0.29) is 28.7 Å². The summed E-state index contributed by atoms with van der Waals surface area (Å²) < 4.78 is 7.20. The molecule has 196 valence electrons. The lowest BCUT2D eigenvalue weighted by Gasteiger charge is -2.13. The van der Waals surface area contributed by atoms with Gasteiger partial charge in [-0.25, -0.2) is 10.4 Å². The Labute approximate surface area is 235 Å². The van der Waals surface area contributed by atoms with Crippen LogP contribution in [-0.2, 0) is 17.6 Å². The molecule has 0 bridgehead atoms. The topological polar surface area (TPSA) is 106 Å². The highest BCUT2D eigenvalue weighted by molar-refractivity contribution is 9.10. The SMILES string of the molecule is COc1cc(C=NNC(=O)CSc2nc3sc4c(c3c(=O)n2-c2ccc(C)cc2)CCCC4)cc(Br)c1O. The minimum absolute atomic E-state index is 0.0132. The zero-order valence-corrected chi connectivity index (χ0v) is 24.0. The number of carbonyl (C=O) groups excluding carboxylic acids is 1. The van der Waals surface area contributed by atoms with E-state index in [2.05, 4.69) is 26.5 Å². The van der Waals surface area contributed by atoms with E-state index in [0.717, 1.165) is 47.3 Å². The average Bonchev–Trinajstić information content (AvgIpc) is 3.29. The zero-order chi connectivity index (χ0) is 26.8. The summed E-state index contributed by atoms with van der Waals surface area (Å²) in [6.07, 6.45) is 5.54. The first-order chi connectivity index (χ1) is 18.4. The highest BCUT2D eigenvalue weighted by Gasteiger charge is 2.23. The Morgan fingerprint density at radius 1 is 1.29 bits per heavy atom. The second kappa shape index (κ2) is 11.3. The van der Waals surface area contributed by atoms with Crippen LogP contribution in [0.4, 0.5) is 0 Å². The molecule has 2 aromatic heterocycles. The van der Waals surface area contributed by atoms with Gasteiger partial charge >= 0.3 is 0 Å². The number of methoxy groups -OCH3 is 1. The standard InChI is InChI=1S/C27H25BrN4O4S2/c1-15-7-9-17(10-8-15)32-26(35)23-18-5-3-4-6-21(18)38-25(23)30-27(32)37-14-22(33)31-29-13-16-11-19(28)24(34)20(12-16)36-2/h7-13,34H,3-6,14H2,1-2H3,(H,31,33). The quantitative estimate of drug-likeness (QED) is 0.126. The van der Waals surface area contributed by atoms with Gasteiger partial charge in [0.2, 0.25) is 0 Å². The lowest BCUT2D eigenvalue weighted by Crippen LogP contribution is -2.24. The fourth-order valence-electron chi connectivity index (χ4n) is 4.37. The highest BCUT2D eigenvalue weighted by Crippen LogP contribution is 2.36. The van der Waals surface area contributed by atoms with Crippen molar-refractivity contribution >= 4 is 61.4 Å². The van der Waals surface area contributed by atoms with Gasteiger partial charge in [-0.15, -0.1) is 11.3 Å². The molecule has 2 heterocycles. The second-order valence-corrected chi connectivity index (χ2v) is 11.8. The van der Waals surface area contributed by atoms with Crippen molar-refractivity contribution in [1.82, 2.24) is 15.0 Å². The maximum absolute atomic E-state index is 13.8. The number of aryl methyl sites for hydroxylation is 3. The average molecular weight is 614 g/mol. The van der Waals surface area contributed by atoms with Gasteiger partial charge in [0.15, 0.2) is 16.7 Å². The molecule has 5 rings (SSSR count). The van der Waals surface area contributed by atoms with Gasteiger partial charge in [0, 0.05) is 4.88 Å². The largest absolute Gasteiger partial charge is 0.503 e. The molecule has 1 amide bonds. The summed E-state index contributed by atoms with van der Waals surface area (Å²) in [5, 5.41) is 15.1. The number of nitrogens with zero attached hydrogens (tertiary/aromatic N) is 3. The maximum Gasteiger partial charge on any atom is 0.267 e. The number of thioether (sulfide) groups is 1. The molecule has 4 aromatic rings. The van der Waals surface area contributed by atoms with Crippen LogP contribution in [0.3, 0.4) is 0 Å². The number of thiophene rings is 1. The smallest absolute Gasteiger partial charge is 0.267 e. The van der Waals surface area contributed by atoms with Gasteiger partial charge in [-0.3, -0.25) is 14.2 Å². The van der Waals surface area contributed by atoms with E-state index >= 15 is 0 Å². The Kier molecular flexibility index (Phi) is 7.87. The van der Waals surface area contributed by atoms with Gasteiger partial charge in [-0.1, -0.05) is 29.5 Å². The number of amides is 1. The Hall–Kier alpha value is -3.15. The summed E-state index contributed by atoms with van der Waals surface area (Å²) >= 11 is 6.05. The Morgan fingerprint density at radius 3 is 2.82 bits per heavy atom. The Morgan fingerprint density at radius 2 is 2.05 bits per heavy atom. The first kappa shape index (κ1) is 26.5. The maximum atomic E-state index is 13.8. The normalized spacial score (nSPS) is 13.1. The molecular weight excluding hydrogens is 588 g/mol. The minimum atomic E-state index is -0.341. The van der Waals surface area contributed by atoms with Crippen LogP contribution in [0.15, 0.2) is 55.9 Å². The third kappa shape index (κ3) is 5.36. The van der Waals surface area contributed by atoms with Crippen LogP contribution in [0.1, 0.15) is 34.4 Å². The van der Waals surface area contributed by atoms with Gasteiger partial charge in [-0.05, 0) is 83.9 Å². The van der Waals surface area contributed by atoms with E-state index < -0.39 is 0 Å². The van der Waals surface area contributed by atoms with E-state index in [9.17, 15) is 14.7 Å². The monoisotopic (exact) mass is 612 g/mol. The van der Waals surface area contributed by atoms with Crippen LogP contribution in [0.25, 0.3) is 15.9 Å². The lowest BCUT2D eigenvalue weighted by molar-refractivity contribution is -0.118. The van der Waals surface area contributed by atoms with Gasteiger partial charge in [0.05, 0.1) is 34.6 Å². The molecular formula is C27H25BrN4O4S2. The molecule has 0 saturated carbocycles. The molecule has 8 nitrogen and oxygen atoms in total. The predicted molar refractivity (Wildman–Crippen MR) is 155 cm³/mol. The van der Waals surface area contributed by atoms with Crippen LogP contribution in [0.2, 0.25) is 0 Å². The zero-order valence-electron chi connectivity index (χ0n) is 20.8. The van der Waals surface area contributed by atoms with Gasteiger partial charge < -0.3 is 9.84 Å². The van der Waals surface area contributed by atoms with Crippen LogP contribution >= 0.6 is 39.0 Å². The number of phenols is 1. The third-order valence-corrected chi connectivity index (χ3v) is 8.98. The van der Waals surface area contributed by atoms with Crippen LogP contribution in [-0.4, -0.2) is 39.6 Å². The van der Waals surface area contributed by atoms with Gasteiger partial charge in [0.25, 0.3) is 11.5 Å². The molecule has 2 N–H and O–H groups in total. The summed E-state index contributed by atoms with van der Waals surface area (Å²) in [7, 11) is 1.45. The summed E-state index contributed by atoms with van der Waals surface area (Å²) in [6, 6.07) is 11.0. The number of hydrogen-bond acceptors (Lipinski definition) is 8. The van der Waals surface area contributed by atoms with E-state index in [1.54, 1.807) is 28.0 Å². The number of aromatic nitrogens is 2. The number of benzene rings is 2. The van der Waals surface area contributed by atoms with E-state index in [4.69, 9.17) is 9.72 Å². The molecule has 2 aromatic carbocycles. The van der Waals surface area contributed by atoms with Crippen LogP contribution in [0.5, 0.6) is 11.5 Å². The number of halogens is 1. The van der Waals surface area contributed by atoms with Crippen molar-refractivity contribution in [3.8, 4) is 17.2 Å². The van der Waals surface area contributed by atoms with Crippen LogP contribution < -0.4 is 15.7 Å². The predicted octanol–water partition coefficient (Wildman–Crippen LogP) is 5.35. The molecule has 1 aliphatic rings. The van der Waals surface area contributed by atoms with E-state index in [1.165, 1.54) is 30.0 Å². The summed E-state index contributed by atoms with van der Waals surface area (Å²) in [6.45, 7) is 2.00. The fraction of sp³-hybridized carbons (Fsp3) is 0.259. The molecule has 0 spiro atoms. The molecule has 0 unspecified atom stereocenters. The van der Waals surface area contributed by atoms with Crippen molar-refractivity contribution in [3.63, 3.8) is 0 Å². The van der Waals surface area contributed by atoms with Crippen molar-refractivity contribution in [2.24, 2.45) is 5.10 Å². The molecule has 0 aliphatic heterocycles. The first-order valence-electron chi connectivity index (χ1n) is 12.0. The van der Waals surface area contributed by atoms with Crippen molar-refractivity contribution in [3.05, 3.63) is 72.8 Å².